The Kier molecular flexibility index (Phi) is 4.66. The maximum Gasteiger partial charge on any atom is 0.0474 e. The van der Waals surface area contributed by atoms with Crippen LogP contribution in [0.4, 0.5) is 0 Å². The molecule has 1 rings (SSSR count). The van der Waals surface area contributed by atoms with Crippen molar-refractivity contribution in [1.29, 1.82) is 0 Å². The predicted octanol–water partition coefficient (Wildman–Crippen LogP) is 4.89. The molecule has 0 aromatic heterocycles. The Morgan fingerprint density at radius 3 is 1.73 bits per heavy atom. The largest absolute Gasteiger partial charge is 0.122 e. The summed E-state index contributed by atoms with van der Waals surface area (Å²) in [7, 11) is 0. The van der Waals surface area contributed by atoms with Crippen molar-refractivity contribution < 1.29 is 0 Å². The molecule has 0 spiro atoms. The Balaban J connectivity index is 3.01. The molecule has 0 atom stereocenters. The number of rotatable bonds is 5. The quantitative estimate of drug-likeness (QED) is 0.625. The van der Waals surface area contributed by atoms with E-state index in [9.17, 15) is 0 Å². The molecule has 0 saturated heterocycles. The van der Waals surface area contributed by atoms with Crippen LogP contribution in [-0.2, 0) is 11.3 Å². The van der Waals surface area contributed by atoms with Crippen molar-refractivity contribution in [1.82, 2.24) is 0 Å². The molecule has 1 aromatic carbocycles. The van der Waals surface area contributed by atoms with Crippen LogP contribution in [0, 0.1) is 0 Å². The van der Waals surface area contributed by atoms with Gasteiger partial charge in [0.2, 0.25) is 0 Å². The highest BCUT2D eigenvalue weighted by Crippen LogP contribution is 2.34. The van der Waals surface area contributed by atoms with E-state index < -0.39 is 0 Å². The van der Waals surface area contributed by atoms with E-state index in [1.54, 1.807) is 0 Å². The summed E-state index contributed by atoms with van der Waals surface area (Å²) in [5.41, 5.74) is 3.03. The number of alkyl halides is 1. The fourth-order valence-corrected chi connectivity index (χ4v) is 2.49. The molecule has 0 amide bonds. The van der Waals surface area contributed by atoms with Gasteiger partial charge in [-0.1, -0.05) is 45.0 Å². The van der Waals surface area contributed by atoms with Gasteiger partial charge in [-0.3, -0.25) is 0 Å². The first-order chi connectivity index (χ1) is 7.22. The highest BCUT2D eigenvalue weighted by molar-refractivity contribution is 6.17. The third-order valence-corrected chi connectivity index (χ3v) is 4.06. The van der Waals surface area contributed by atoms with Crippen LogP contribution in [0.2, 0.25) is 0 Å². The summed E-state index contributed by atoms with van der Waals surface area (Å²) >= 11 is 5.80. The monoisotopic (exact) mass is 224 g/mol. The first kappa shape index (κ1) is 12.6. The van der Waals surface area contributed by atoms with Crippen LogP contribution in [0.1, 0.15) is 51.2 Å². The van der Waals surface area contributed by atoms with E-state index in [4.69, 9.17) is 11.6 Å². The SMILES string of the molecule is CCC(CC)(CC)c1ccc(CCl)cc1. The van der Waals surface area contributed by atoms with Gasteiger partial charge in [0.15, 0.2) is 0 Å². The molecule has 84 valence electrons. The van der Waals surface area contributed by atoms with Crippen LogP contribution in [0.25, 0.3) is 0 Å². The lowest BCUT2D eigenvalue weighted by Gasteiger charge is -2.31. The highest BCUT2D eigenvalue weighted by Gasteiger charge is 2.25. The minimum atomic E-state index is 0.366. The summed E-state index contributed by atoms with van der Waals surface area (Å²) in [6.45, 7) is 6.84. The Morgan fingerprint density at radius 2 is 1.40 bits per heavy atom. The first-order valence-corrected chi connectivity index (χ1v) is 6.41. The zero-order chi connectivity index (χ0) is 11.3. The second kappa shape index (κ2) is 5.55. The molecular formula is C14H21Cl. The zero-order valence-electron chi connectivity index (χ0n) is 10.0. The molecule has 1 aromatic rings. The van der Waals surface area contributed by atoms with Gasteiger partial charge in [-0.2, -0.15) is 0 Å². The number of halogens is 1. The Labute approximate surface area is 98.7 Å². The third-order valence-electron chi connectivity index (χ3n) is 3.75. The van der Waals surface area contributed by atoms with Crippen molar-refractivity contribution in [3.63, 3.8) is 0 Å². The van der Waals surface area contributed by atoms with Crippen LogP contribution < -0.4 is 0 Å². The van der Waals surface area contributed by atoms with Crippen molar-refractivity contribution in [3.8, 4) is 0 Å². The Bertz CT molecular complexity index is 274. The van der Waals surface area contributed by atoms with Crippen molar-refractivity contribution in [2.45, 2.75) is 51.3 Å². The first-order valence-electron chi connectivity index (χ1n) is 5.87. The average molecular weight is 225 g/mol. The van der Waals surface area contributed by atoms with Crippen molar-refractivity contribution in [3.05, 3.63) is 35.4 Å². The van der Waals surface area contributed by atoms with Crippen molar-refractivity contribution >= 4 is 11.6 Å². The smallest absolute Gasteiger partial charge is 0.0474 e. The van der Waals surface area contributed by atoms with Crippen LogP contribution in [0.5, 0.6) is 0 Å². The summed E-state index contributed by atoms with van der Waals surface area (Å²) in [6, 6.07) is 8.79. The maximum absolute atomic E-state index is 5.80. The van der Waals surface area contributed by atoms with E-state index >= 15 is 0 Å². The van der Waals surface area contributed by atoms with Gasteiger partial charge in [-0.25, -0.2) is 0 Å². The van der Waals surface area contributed by atoms with Crippen LogP contribution in [0.15, 0.2) is 24.3 Å². The molecule has 1 heteroatoms. The normalized spacial score (nSPS) is 11.7. The van der Waals surface area contributed by atoms with Gasteiger partial charge < -0.3 is 0 Å². The lowest BCUT2D eigenvalue weighted by molar-refractivity contribution is 0.381. The van der Waals surface area contributed by atoms with Crippen LogP contribution in [-0.4, -0.2) is 0 Å². The molecule has 0 aliphatic heterocycles. The minimum Gasteiger partial charge on any atom is -0.122 e. The summed E-state index contributed by atoms with van der Waals surface area (Å²) < 4.78 is 0. The van der Waals surface area contributed by atoms with Gasteiger partial charge in [0.1, 0.15) is 0 Å². The molecule has 0 N–H and O–H groups in total. The van der Waals surface area contributed by atoms with E-state index in [0.29, 0.717) is 11.3 Å². The molecule has 0 aliphatic rings. The summed E-state index contributed by atoms with van der Waals surface area (Å²) in [6.07, 6.45) is 3.63. The highest BCUT2D eigenvalue weighted by atomic mass is 35.5. The molecular weight excluding hydrogens is 204 g/mol. The second-order valence-corrected chi connectivity index (χ2v) is 4.44. The molecule has 0 radical (unpaired) electrons. The topological polar surface area (TPSA) is 0 Å². The molecule has 0 unspecified atom stereocenters. The molecule has 0 aliphatic carbocycles. The van der Waals surface area contributed by atoms with Gasteiger partial charge in [-0.15, -0.1) is 11.6 Å². The van der Waals surface area contributed by atoms with Gasteiger partial charge in [-0.05, 0) is 35.8 Å². The summed E-state index contributed by atoms with van der Waals surface area (Å²) in [4.78, 5) is 0. The van der Waals surface area contributed by atoms with Crippen LogP contribution >= 0.6 is 11.6 Å². The molecule has 0 bridgehead atoms. The summed E-state index contributed by atoms with van der Waals surface area (Å²) in [5.74, 6) is 0.609. The molecule has 0 saturated carbocycles. The fraction of sp³-hybridized carbons (Fsp3) is 0.571. The van der Waals surface area contributed by atoms with E-state index in [2.05, 4.69) is 45.0 Å². The minimum absolute atomic E-state index is 0.366. The number of hydrogen-bond acceptors (Lipinski definition) is 0. The predicted molar refractivity (Wildman–Crippen MR) is 68.6 cm³/mol. The Hall–Kier alpha value is -0.490. The fourth-order valence-electron chi connectivity index (χ4n) is 2.31. The van der Waals surface area contributed by atoms with Crippen LogP contribution in [0.3, 0.4) is 0 Å². The summed E-state index contributed by atoms with van der Waals surface area (Å²) in [5, 5.41) is 0. The second-order valence-electron chi connectivity index (χ2n) is 4.17. The number of benzene rings is 1. The molecule has 0 nitrogen and oxygen atoms in total. The van der Waals surface area contributed by atoms with Gasteiger partial charge in [0, 0.05) is 5.88 Å². The van der Waals surface area contributed by atoms with Crippen molar-refractivity contribution in [2.24, 2.45) is 0 Å². The lowest BCUT2D eigenvalue weighted by atomic mass is 9.74. The Morgan fingerprint density at radius 1 is 0.933 bits per heavy atom. The average Bonchev–Trinajstić information content (AvgIpc) is 2.33. The molecule has 0 heterocycles. The zero-order valence-corrected chi connectivity index (χ0v) is 10.8. The van der Waals surface area contributed by atoms with E-state index in [0.717, 1.165) is 0 Å². The van der Waals surface area contributed by atoms with Gasteiger partial charge in [0.05, 0.1) is 0 Å². The lowest BCUT2D eigenvalue weighted by Crippen LogP contribution is -2.23. The maximum atomic E-state index is 5.80. The van der Waals surface area contributed by atoms with E-state index in [1.807, 2.05) is 0 Å². The number of hydrogen-bond donors (Lipinski definition) is 0. The van der Waals surface area contributed by atoms with Gasteiger partial charge >= 0.3 is 0 Å². The van der Waals surface area contributed by atoms with Gasteiger partial charge in [0.25, 0.3) is 0 Å². The van der Waals surface area contributed by atoms with E-state index in [1.165, 1.54) is 30.4 Å². The third kappa shape index (κ3) is 2.55. The van der Waals surface area contributed by atoms with Crippen molar-refractivity contribution in [2.75, 3.05) is 0 Å². The molecule has 15 heavy (non-hydrogen) atoms. The van der Waals surface area contributed by atoms with E-state index in [-0.39, 0.29) is 0 Å². The standard InChI is InChI=1S/C14H21Cl/c1-4-14(5-2,6-3)13-9-7-12(11-15)8-10-13/h7-10H,4-6,11H2,1-3H3. The molecule has 0 fully saturated rings.